The smallest absolute Gasteiger partial charge is 0.0966 e. The minimum atomic E-state index is 0.406. The van der Waals surface area contributed by atoms with E-state index < -0.39 is 0 Å². The quantitative estimate of drug-likeness (QED) is 0.699. The highest BCUT2D eigenvalue weighted by atomic mass is 16.5. The van der Waals surface area contributed by atoms with Gasteiger partial charge in [0.2, 0.25) is 0 Å². The van der Waals surface area contributed by atoms with Gasteiger partial charge in [0.1, 0.15) is 0 Å². The van der Waals surface area contributed by atoms with Gasteiger partial charge in [0.05, 0.1) is 18.0 Å². The summed E-state index contributed by atoms with van der Waals surface area (Å²) in [5.41, 5.74) is 0. The van der Waals surface area contributed by atoms with E-state index in [1.807, 2.05) is 0 Å². The monoisotopic (exact) mass is 182 g/mol. The summed E-state index contributed by atoms with van der Waals surface area (Å²) < 4.78 is 5.61. The zero-order valence-electron chi connectivity index (χ0n) is 8.25. The normalized spacial score (nSPS) is 30.2. The highest BCUT2D eigenvalue weighted by Gasteiger charge is 2.23. The summed E-state index contributed by atoms with van der Waals surface area (Å²) in [6.45, 7) is 4.13. The first-order chi connectivity index (χ1) is 6.36. The average molecular weight is 182 g/mol. The van der Waals surface area contributed by atoms with Crippen molar-refractivity contribution in [3.8, 4) is 0 Å². The Balaban J connectivity index is 1.79. The second-order valence-corrected chi connectivity index (χ2v) is 3.92. The highest BCUT2D eigenvalue weighted by molar-refractivity contribution is 5.83. The van der Waals surface area contributed by atoms with Crippen LogP contribution in [-0.2, 0) is 4.74 Å². The van der Waals surface area contributed by atoms with Crippen molar-refractivity contribution >= 4 is 5.84 Å². The van der Waals surface area contributed by atoms with E-state index in [-0.39, 0.29) is 0 Å². The van der Waals surface area contributed by atoms with Crippen LogP contribution in [0.25, 0.3) is 0 Å². The first-order valence-corrected chi connectivity index (χ1v) is 5.28. The molecule has 0 aromatic rings. The van der Waals surface area contributed by atoms with E-state index in [1.54, 1.807) is 0 Å². The summed E-state index contributed by atoms with van der Waals surface area (Å²) in [6.07, 6.45) is 5.14. The first kappa shape index (κ1) is 9.00. The van der Waals surface area contributed by atoms with Gasteiger partial charge in [0.25, 0.3) is 0 Å². The largest absolute Gasteiger partial charge is 0.376 e. The van der Waals surface area contributed by atoms with Crippen molar-refractivity contribution in [2.75, 3.05) is 13.2 Å². The fourth-order valence-corrected chi connectivity index (χ4v) is 2.01. The van der Waals surface area contributed by atoms with Gasteiger partial charge in [-0.2, -0.15) is 0 Å². The van der Waals surface area contributed by atoms with Gasteiger partial charge in [-0.15, -0.1) is 0 Å². The molecular weight excluding hydrogens is 164 g/mol. The molecule has 0 aliphatic carbocycles. The van der Waals surface area contributed by atoms with Crippen LogP contribution in [0.3, 0.4) is 0 Å². The Hall–Kier alpha value is -0.570. The number of nitrogens with zero attached hydrogens (tertiary/aromatic N) is 1. The van der Waals surface area contributed by atoms with Crippen LogP contribution in [0.5, 0.6) is 0 Å². The van der Waals surface area contributed by atoms with Crippen LogP contribution >= 0.6 is 0 Å². The van der Waals surface area contributed by atoms with Crippen LogP contribution < -0.4 is 5.32 Å². The van der Waals surface area contributed by atoms with Crippen LogP contribution in [0, 0.1) is 0 Å². The number of rotatable bonds is 2. The number of hydrogen-bond donors (Lipinski definition) is 1. The molecule has 1 N–H and O–H groups in total. The molecule has 2 heterocycles. The van der Waals surface area contributed by atoms with E-state index >= 15 is 0 Å². The van der Waals surface area contributed by atoms with Gasteiger partial charge in [-0.05, 0) is 26.2 Å². The third-order valence-electron chi connectivity index (χ3n) is 2.79. The van der Waals surface area contributed by atoms with Crippen molar-refractivity contribution in [2.24, 2.45) is 4.99 Å². The first-order valence-electron chi connectivity index (χ1n) is 5.28. The predicted octanol–water partition coefficient (Wildman–Crippen LogP) is 1.34. The number of hydrogen-bond acceptors (Lipinski definition) is 3. The van der Waals surface area contributed by atoms with Gasteiger partial charge in [0, 0.05) is 19.6 Å². The molecule has 0 aromatic carbocycles. The second-order valence-electron chi connectivity index (χ2n) is 3.92. The molecule has 0 bridgehead atoms. The molecule has 0 radical (unpaired) electrons. The summed E-state index contributed by atoms with van der Waals surface area (Å²) in [4.78, 5) is 4.40. The zero-order valence-corrected chi connectivity index (χ0v) is 8.25. The Morgan fingerprint density at radius 2 is 2.46 bits per heavy atom. The lowest BCUT2D eigenvalue weighted by molar-refractivity contribution is 0.0892. The number of amidine groups is 1. The van der Waals surface area contributed by atoms with Crippen LogP contribution in [0.1, 0.15) is 32.6 Å². The highest BCUT2D eigenvalue weighted by Crippen LogP contribution is 2.16. The van der Waals surface area contributed by atoms with Crippen molar-refractivity contribution in [3.05, 3.63) is 0 Å². The number of nitrogens with one attached hydrogen (secondary N) is 1. The summed E-state index contributed by atoms with van der Waals surface area (Å²) in [5.74, 6) is 1.18. The maximum atomic E-state index is 5.61. The molecule has 13 heavy (non-hydrogen) atoms. The van der Waals surface area contributed by atoms with Gasteiger partial charge in [-0.1, -0.05) is 0 Å². The third-order valence-corrected chi connectivity index (χ3v) is 2.79. The Morgan fingerprint density at radius 3 is 3.08 bits per heavy atom. The molecule has 2 aliphatic heterocycles. The Bertz CT molecular complexity index is 197. The van der Waals surface area contributed by atoms with Crippen molar-refractivity contribution in [3.63, 3.8) is 0 Å². The summed E-state index contributed by atoms with van der Waals surface area (Å²) >= 11 is 0. The number of ether oxygens (including phenoxy) is 1. The van der Waals surface area contributed by atoms with E-state index in [1.165, 1.54) is 25.1 Å². The lowest BCUT2D eigenvalue weighted by Crippen LogP contribution is -2.40. The van der Waals surface area contributed by atoms with Crippen LogP contribution in [0.15, 0.2) is 4.99 Å². The average Bonchev–Trinajstić information content (AvgIpc) is 2.74. The minimum Gasteiger partial charge on any atom is -0.376 e. The van der Waals surface area contributed by atoms with E-state index in [0.717, 1.165) is 19.6 Å². The van der Waals surface area contributed by atoms with Crippen LogP contribution in [-0.4, -0.2) is 31.1 Å². The van der Waals surface area contributed by atoms with Gasteiger partial charge in [-0.25, -0.2) is 0 Å². The molecule has 0 spiro atoms. The molecule has 2 aliphatic rings. The fraction of sp³-hybridized carbons (Fsp3) is 0.900. The lowest BCUT2D eigenvalue weighted by atomic mass is 10.1. The SMILES string of the molecule is CC(NC1=NCCC1)C1CCCO1. The standard InChI is InChI=1S/C10H18N2O/c1-8(9-4-3-7-13-9)12-10-5-2-6-11-10/h8-9H,2-7H2,1H3,(H,11,12). The lowest BCUT2D eigenvalue weighted by Gasteiger charge is -2.20. The fourth-order valence-electron chi connectivity index (χ4n) is 2.01. The summed E-state index contributed by atoms with van der Waals surface area (Å²) in [6, 6.07) is 0.430. The van der Waals surface area contributed by atoms with Crippen molar-refractivity contribution < 1.29 is 4.74 Å². The molecular formula is C10H18N2O. The molecule has 2 atom stereocenters. The van der Waals surface area contributed by atoms with E-state index in [9.17, 15) is 0 Å². The molecule has 3 nitrogen and oxygen atoms in total. The summed E-state index contributed by atoms with van der Waals surface area (Å²) in [7, 11) is 0. The molecule has 0 aromatic heterocycles. The summed E-state index contributed by atoms with van der Waals surface area (Å²) in [5, 5.41) is 3.45. The van der Waals surface area contributed by atoms with Crippen LogP contribution in [0.2, 0.25) is 0 Å². The van der Waals surface area contributed by atoms with Crippen molar-refractivity contribution in [1.29, 1.82) is 0 Å². The number of aliphatic imine (C=N–C) groups is 1. The van der Waals surface area contributed by atoms with Gasteiger partial charge in [0.15, 0.2) is 0 Å². The zero-order chi connectivity index (χ0) is 9.10. The molecule has 74 valence electrons. The van der Waals surface area contributed by atoms with Gasteiger partial charge in [-0.3, -0.25) is 4.99 Å². The van der Waals surface area contributed by atoms with Crippen molar-refractivity contribution in [2.45, 2.75) is 44.8 Å². The Labute approximate surface area is 79.6 Å². The van der Waals surface area contributed by atoms with Crippen molar-refractivity contribution in [1.82, 2.24) is 5.32 Å². The molecule has 2 rings (SSSR count). The second kappa shape index (κ2) is 4.09. The maximum Gasteiger partial charge on any atom is 0.0966 e. The predicted molar refractivity (Wildman–Crippen MR) is 53.1 cm³/mol. The molecule has 1 fully saturated rings. The topological polar surface area (TPSA) is 33.6 Å². The van der Waals surface area contributed by atoms with Gasteiger partial charge >= 0.3 is 0 Å². The van der Waals surface area contributed by atoms with Crippen LogP contribution in [0.4, 0.5) is 0 Å². The molecule has 0 saturated carbocycles. The van der Waals surface area contributed by atoms with Gasteiger partial charge < -0.3 is 10.1 Å². The Kier molecular flexibility index (Phi) is 2.83. The van der Waals surface area contributed by atoms with E-state index in [4.69, 9.17) is 4.74 Å². The maximum absolute atomic E-state index is 5.61. The molecule has 0 amide bonds. The van der Waals surface area contributed by atoms with E-state index in [2.05, 4.69) is 17.2 Å². The van der Waals surface area contributed by atoms with E-state index in [0.29, 0.717) is 12.1 Å². The molecule has 2 unspecified atom stereocenters. The Morgan fingerprint density at radius 1 is 1.54 bits per heavy atom. The molecule has 3 heteroatoms. The third kappa shape index (κ3) is 2.21. The minimum absolute atomic E-state index is 0.406. The molecule has 1 saturated heterocycles.